The topological polar surface area (TPSA) is 58.6 Å². The second kappa shape index (κ2) is 9.25. The number of nitrogens with one attached hydrogen (secondary N) is 1. The SMILES string of the molecule is C[C@H](CC(=O)N(C)CC(=O)Nc1ccc(OC(F)(F)F)cc1)c1ccccc1. The molecule has 0 heterocycles. The number of rotatable bonds is 7. The van der Waals surface area contributed by atoms with E-state index in [0.717, 1.165) is 17.7 Å². The van der Waals surface area contributed by atoms with Crippen LogP contribution in [0.15, 0.2) is 54.6 Å². The van der Waals surface area contributed by atoms with Gasteiger partial charge < -0.3 is 15.0 Å². The average Bonchev–Trinajstić information content (AvgIpc) is 2.62. The molecule has 0 fully saturated rings. The minimum atomic E-state index is -4.77. The summed E-state index contributed by atoms with van der Waals surface area (Å²) in [5, 5.41) is 2.53. The summed E-state index contributed by atoms with van der Waals surface area (Å²) in [6.45, 7) is 1.77. The third kappa shape index (κ3) is 6.94. The molecule has 5 nitrogen and oxygen atoms in total. The molecule has 2 amide bonds. The van der Waals surface area contributed by atoms with Crippen molar-refractivity contribution in [1.82, 2.24) is 4.90 Å². The molecule has 1 N–H and O–H groups in total. The fraction of sp³-hybridized carbons (Fsp3) is 0.300. The number of alkyl halides is 3. The molecule has 2 aromatic carbocycles. The van der Waals surface area contributed by atoms with Gasteiger partial charge >= 0.3 is 6.36 Å². The van der Waals surface area contributed by atoms with Gasteiger partial charge in [0.05, 0.1) is 6.54 Å². The minimum absolute atomic E-state index is 0.0142. The summed E-state index contributed by atoms with van der Waals surface area (Å²) in [5.41, 5.74) is 1.34. The van der Waals surface area contributed by atoms with Gasteiger partial charge in [0.1, 0.15) is 5.75 Å². The standard InChI is InChI=1S/C20H21F3N2O3/c1-14(15-6-4-3-5-7-15)12-19(27)25(2)13-18(26)24-16-8-10-17(11-9-16)28-20(21,22)23/h3-11,14H,12-13H2,1-2H3,(H,24,26)/t14-/m1/s1. The Bertz CT molecular complexity index is 793. The fourth-order valence-corrected chi connectivity index (χ4v) is 2.56. The lowest BCUT2D eigenvalue weighted by molar-refractivity contribution is -0.274. The Morgan fingerprint density at radius 3 is 2.25 bits per heavy atom. The highest BCUT2D eigenvalue weighted by Crippen LogP contribution is 2.24. The number of hydrogen-bond donors (Lipinski definition) is 1. The molecule has 0 aliphatic rings. The van der Waals surface area contributed by atoms with Crippen LogP contribution in [-0.2, 0) is 9.59 Å². The maximum Gasteiger partial charge on any atom is 0.573 e. The first kappa shape index (κ1) is 21.3. The number of carbonyl (C=O) groups is 2. The van der Waals surface area contributed by atoms with Crippen molar-refractivity contribution in [2.75, 3.05) is 18.9 Å². The lowest BCUT2D eigenvalue weighted by Gasteiger charge is -2.19. The number of likely N-dealkylation sites (N-methyl/N-ethyl adjacent to an activating group) is 1. The van der Waals surface area contributed by atoms with Gasteiger partial charge in [0.25, 0.3) is 0 Å². The molecule has 0 bridgehead atoms. The van der Waals surface area contributed by atoms with Crippen LogP contribution in [0, 0.1) is 0 Å². The van der Waals surface area contributed by atoms with Gasteiger partial charge in [-0.3, -0.25) is 9.59 Å². The summed E-state index contributed by atoms with van der Waals surface area (Å²) < 4.78 is 40.2. The molecule has 0 unspecified atom stereocenters. The first-order valence-electron chi connectivity index (χ1n) is 8.58. The van der Waals surface area contributed by atoms with E-state index in [4.69, 9.17) is 0 Å². The third-order valence-corrected chi connectivity index (χ3v) is 4.03. The molecule has 0 aromatic heterocycles. The Morgan fingerprint density at radius 2 is 1.68 bits per heavy atom. The van der Waals surface area contributed by atoms with Crippen molar-refractivity contribution < 1.29 is 27.5 Å². The smallest absolute Gasteiger partial charge is 0.406 e. The van der Waals surface area contributed by atoms with E-state index in [1.807, 2.05) is 37.3 Å². The lowest BCUT2D eigenvalue weighted by Crippen LogP contribution is -2.35. The third-order valence-electron chi connectivity index (χ3n) is 4.03. The molecular weight excluding hydrogens is 373 g/mol. The second-order valence-corrected chi connectivity index (χ2v) is 6.39. The van der Waals surface area contributed by atoms with Crippen molar-refractivity contribution in [3.8, 4) is 5.75 Å². The van der Waals surface area contributed by atoms with Crippen molar-refractivity contribution in [2.45, 2.75) is 25.6 Å². The summed E-state index contributed by atoms with van der Waals surface area (Å²) in [7, 11) is 1.53. The molecule has 1 atom stereocenters. The molecule has 0 radical (unpaired) electrons. The lowest BCUT2D eigenvalue weighted by atomic mass is 9.97. The van der Waals surface area contributed by atoms with E-state index in [2.05, 4.69) is 10.1 Å². The summed E-state index contributed by atoms with van der Waals surface area (Å²) in [6.07, 6.45) is -4.51. The number of nitrogens with zero attached hydrogens (tertiary/aromatic N) is 1. The molecular formula is C20H21F3N2O3. The minimum Gasteiger partial charge on any atom is -0.406 e. The molecule has 2 aromatic rings. The van der Waals surface area contributed by atoms with Crippen molar-refractivity contribution >= 4 is 17.5 Å². The summed E-state index contributed by atoms with van der Waals surface area (Å²) >= 11 is 0. The van der Waals surface area contributed by atoms with Gasteiger partial charge in [0.2, 0.25) is 11.8 Å². The summed E-state index contributed by atoms with van der Waals surface area (Å²) in [6, 6.07) is 14.4. The van der Waals surface area contributed by atoms with Crippen LogP contribution < -0.4 is 10.1 Å². The van der Waals surface area contributed by atoms with E-state index in [1.54, 1.807) is 0 Å². The van der Waals surface area contributed by atoms with E-state index in [0.29, 0.717) is 5.69 Å². The average molecular weight is 394 g/mol. The zero-order chi connectivity index (χ0) is 20.7. The highest BCUT2D eigenvalue weighted by molar-refractivity contribution is 5.94. The van der Waals surface area contributed by atoms with Crippen molar-refractivity contribution in [2.24, 2.45) is 0 Å². The zero-order valence-corrected chi connectivity index (χ0v) is 15.5. The molecule has 0 aliphatic carbocycles. The van der Waals surface area contributed by atoms with E-state index >= 15 is 0 Å². The van der Waals surface area contributed by atoms with Crippen LogP contribution in [0.5, 0.6) is 5.75 Å². The Hall–Kier alpha value is -3.03. The van der Waals surface area contributed by atoms with E-state index in [1.165, 1.54) is 24.1 Å². The van der Waals surface area contributed by atoms with Crippen LogP contribution in [-0.4, -0.2) is 36.7 Å². The van der Waals surface area contributed by atoms with E-state index in [-0.39, 0.29) is 30.5 Å². The van der Waals surface area contributed by atoms with Gasteiger partial charge in [-0.15, -0.1) is 13.2 Å². The van der Waals surface area contributed by atoms with Crippen LogP contribution in [0.4, 0.5) is 18.9 Å². The van der Waals surface area contributed by atoms with Crippen LogP contribution in [0.25, 0.3) is 0 Å². The molecule has 8 heteroatoms. The summed E-state index contributed by atoms with van der Waals surface area (Å²) in [5.74, 6) is -0.999. The predicted octanol–water partition coefficient (Wildman–Crippen LogP) is 4.18. The maximum atomic E-state index is 12.3. The first-order valence-corrected chi connectivity index (χ1v) is 8.58. The van der Waals surface area contributed by atoms with Crippen molar-refractivity contribution in [3.63, 3.8) is 0 Å². The quantitative estimate of drug-likeness (QED) is 0.767. The normalized spacial score (nSPS) is 12.2. The van der Waals surface area contributed by atoms with Crippen LogP contribution >= 0.6 is 0 Å². The number of carbonyl (C=O) groups excluding carboxylic acids is 2. The number of halogens is 3. The van der Waals surface area contributed by atoms with Gasteiger partial charge in [-0.2, -0.15) is 0 Å². The van der Waals surface area contributed by atoms with Crippen molar-refractivity contribution in [3.05, 3.63) is 60.2 Å². The Balaban J connectivity index is 1.84. The molecule has 0 aliphatic heterocycles. The summed E-state index contributed by atoms with van der Waals surface area (Å²) in [4.78, 5) is 25.7. The predicted molar refractivity (Wildman–Crippen MR) is 98.9 cm³/mol. The van der Waals surface area contributed by atoms with E-state index < -0.39 is 12.3 Å². The Labute approximate surface area is 161 Å². The Kier molecular flexibility index (Phi) is 7.03. The number of ether oxygens (including phenoxy) is 1. The highest BCUT2D eigenvalue weighted by Gasteiger charge is 2.31. The van der Waals surface area contributed by atoms with E-state index in [9.17, 15) is 22.8 Å². The van der Waals surface area contributed by atoms with Gasteiger partial charge in [0.15, 0.2) is 0 Å². The second-order valence-electron chi connectivity index (χ2n) is 6.39. The van der Waals surface area contributed by atoms with Gasteiger partial charge in [-0.05, 0) is 35.7 Å². The number of anilines is 1. The molecule has 0 spiro atoms. The number of hydrogen-bond acceptors (Lipinski definition) is 3. The molecule has 0 saturated carbocycles. The maximum absolute atomic E-state index is 12.3. The largest absolute Gasteiger partial charge is 0.573 e. The molecule has 0 saturated heterocycles. The number of benzene rings is 2. The molecule has 150 valence electrons. The van der Waals surface area contributed by atoms with Crippen LogP contribution in [0.3, 0.4) is 0 Å². The first-order chi connectivity index (χ1) is 13.1. The number of amides is 2. The monoisotopic (exact) mass is 394 g/mol. The van der Waals surface area contributed by atoms with Gasteiger partial charge in [-0.25, -0.2) is 0 Å². The molecule has 28 heavy (non-hydrogen) atoms. The van der Waals surface area contributed by atoms with Crippen molar-refractivity contribution in [1.29, 1.82) is 0 Å². The molecule has 2 rings (SSSR count). The van der Waals surface area contributed by atoms with Crippen LogP contribution in [0.2, 0.25) is 0 Å². The van der Waals surface area contributed by atoms with Gasteiger partial charge in [0, 0.05) is 19.2 Å². The van der Waals surface area contributed by atoms with Gasteiger partial charge in [-0.1, -0.05) is 37.3 Å². The highest BCUT2D eigenvalue weighted by atomic mass is 19.4. The van der Waals surface area contributed by atoms with Crippen LogP contribution in [0.1, 0.15) is 24.8 Å². The zero-order valence-electron chi connectivity index (χ0n) is 15.5. The Morgan fingerprint density at radius 1 is 1.07 bits per heavy atom. The fourth-order valence-electron chi connectivity index (χ4n) is 2.56.